The van der Waals surface area contributed by atoms with Gasteiger partial charge in [-0.15, -0.1) is 0 Å². The summed E-state index contributed by atoms with van der Waals surface area (Å²) in [6.45, 7) is 13.3. The molecule has 6 nitrogen and oxygen atoms in total. The lowest BCUT2D eigenvalue weighted by molar-refractivity contribution is -0.236. The van der Waals surface area contributed by atoms with E-state index in [4.69, 9.17) is 0 Å². The van der Waals surface area contributed by atoms with Crippen molar-refractivity contribution in [2.75, 3.05) is 20.6 Å². The molecule has 0 aromatic carbocycles. The maximum absolute atomic E-state index is 14.4. The number of unbranched alkanes of at least 4 members (excludes halogenated alkanes) is 16. The maximum Gasteiger partial charge on any atom is 0.185 e. The third kappa shape index (κ3) is 19.6. The van der Waals surface area contributed by atoms with E-state index in [9.17, 15) is 24.9 Å². The lowest BCUT2D eigenvalue weighted by Gasteiger charge is -2.58. The fourth-order valence-electron chi connectivity index (χ4n) is 7.83. The fraction of sp³-hybridized carbons (Fsp3) is 0.792. The van der Waals surface area contributed by atoms with Crippen LogP contribution in [-0.4, -0.2) is 77.6 Å². The van der Waals surface area contributed by atoms with Gasteiger partial charge in [-0.2, -0.15) is 0 Å². The standard InChI is InChI=1S/C48H88NO5Si/c1-10-12-14-16-18-20-22-24-26-28-30-32-34-36-38-40-43(50)46(52,42-49(6)7)47(53,48(54,55(8)9)45(3,4)5)44(51)41-39-37-35-33-31-29-27-25-23-21-19-17-15-13-11-2/h18-21,24-27,52-54H,10-17,22-23,28-42H2,1-9H3/b20-18-,21-19-,26-24-,27-25-/t46-,47-,48?/m1/s1. The number of rotatable bonds is 35. The molecular formula is C48H88NO5Si. The van der Waals surface area contributed by atoms with Crippen molar-refractivity contribution < 1.29 is 24.9 Å². The number of hydrogen-bond acceptors (Lipinski definition) is 6. The van der Waals surface area contributed by atoms with Crippen molar-refractivity contribution in [1.82, 2.24) is 4.90 Å². The predicted molar refractivity (Wildman–Crippen MR) is 239 cm³/mol. The fourth-order valence-corrected chi connectivity index (χ4v) is 10.4. The minimum Gasteiger partial charge on any atom is -0.390 e. The average molecular weight is 787 g/mol. The first kappa shape index (κ1) is 53.4. The predicted octanol–water partition coefficient (Wildman–Crippen LogP) is 11.8. The van der Waals surface area contributed by atoms with Crippen LogP contribution in [-0.2, 0) is 9.59 Å². The lowest BCUT2D eigenvalue weighted by atomic mass is 9.64. The van der Waals surface area contributed by atoms with Gasteiger partial charge in [0.05, 0.1) is 14.0 Å². The summed E-state index contributed by atoms with van der Waals surface area (Å²) < 4.78 is 0. The van der Waals surface area contributed by atoms with E-state index in [1.165, 1.54) is 44.9 Å². The SMILES string of the molecule is CCCCC/C=C\C/C=C\CCCCCCCC(=O)[C@](O)(CN(C)C)[C@](O)(C(=O)CCCCCCC/C=C\C/C=C\CCCCC)C(O)([Si](C)C)C(C)(C)C. The minimum atomic E-state index is -2.65. The highest BCUT2D eigenvalue weighted by Crippen LogP contribution is 2.48. The number of carbonyl (C=O) groups excluding carboxylic acids is 2. The molecule has 0 aliphatic rings. The zero-order valence-electron chi connectivity index (χ0n) is 37.4. The molecule has 0 aromatic rings. The van der Waals surface area contributed by atoms with Crippen LogP contribution in [0.25, 0.3) is 0 Å². The summed E-state index contributed by atoms with van der Waals surface area (Å²) in [6.07, 6.45) is 41.0. The number of ketones is 2. The van der Waals surface area contributed by atoms with Gasteiger partial charge in [0, 0.05) is 19.4 Å². The number of nitrogens with zero attached hydrogens (tertiary/aromatic N) is 1. The van der Waals surface area contributed by atoms with Crippen molar-refractivity contribution in [2.45, 2.75) is 218 Å². The number of carbonyl (C=O) groups is 2. The third-order valence-electron chi connectivity index (χ3n) is 11.0. The Hall–Kier alpha value is -1.64. The van der Waals surface area contributed by atoms with E-state index in [1.54, 1.807) is 39.8 Å². The van der Waals surface area contributed by atoms with Crippen LogP contribution in [0.4, 0.5) is 0 Å². The van der Waals surface area contributed by atoms with Crippen molar-refractivity contribution >= 4 is 20.4 Å². The molecule has 319 valence electrons. The summed E-state index contributed by atoms with van der Waals surface area (Å²) in [5, 5.41) is 35.9. The molecular weight excluding hydrogens is 699 g/mol. The minimum absolute atomic E-state index is 0.00123. The Bertz CT molecular complexity index is 1120. The average Bonchev–Trinajstić information content (AvgIpc) is 3.12. The van der Waals surface area contributed by atoms with Gasteiger partial charge < -0.3 is 20.2 Å². The summed E-state index contributed by atoms with van der Waals surface area (Å²) in [7, 11) is 1.59. The quantitative estimate of drug-likeness (QED) is 0.0336. The van der Waals surface area contributed by atoms with E-state index in [1.807, 2.05) is 13.1 Å². The molecule has 0 heterocycles. The van der Waals surface area contributed by atoms with Crippen LogP contribution in [0.15, 0.2) is 48.6 Å². The highest BCUT2D eigenvalue weighted by Gasteiger charge is 2.72. The van der Waals surface area contributed by atoms with E-state index in [-0.39, 0.29) is 19.4 Å². The molecule has 1 radical (unpaired) electrons. The Kier molecular flexibility index (Phi) is 29.5. The van der Waals surface area contributed by atoms with Crippen LogP contribution in [0.2, 0.25) is 13.1 Å². The molecule has 0 amide bonds. The van der Waals surface area contributed by atoms with Crippen LogP contribution in [0, 0.1) is 5.41 Å². The molecule has 3 N–H and O–H groups in total. The van der Waals surface area contributed by atoms with Crippen molar-refractivity contribution in [3.05, 3.63) is 48.6 Å². The number of hydrogen-bond donors (Lipinski definition) is 3. The molecule has 1 unspecified atom stereocenters. The van der Waals surface area contributed by atoms with Crippen molar-refractivity contribution in [3.8, 4) is 0 Å². The first-order chi connectivity index (χ1) is 26.1. The van der Waals surface area contributed by atoms with Crippen LogP contribution < -0.4 is 0 Å². The first-order valence-corrected chi connectivity index (χ1v) is 24.9. The van der Waals surface area contributed by atoms with E-state index in [2.05, 4.69) is 62.5 Å². The van der Waals surface area contributed by atoms with Crippen molar-refractivity contribution in [1.29, 1.82) is 0 Å². The van der Waals surface area contributed by atoms with Gasteiger partial charge in [-0.3, -0.25) is 9.59 Å². The highest BCUT2D eigenvalue weighted by atomic mass is 28.3. The molecule has 0 fully saturated rings. The molecule has 7 heteroatoms. The van der Waals surface area contributed by atoms with E-state index < -0.39 is 42.2 Å². The van der Waals surface area contributed by atoms with Gasteiger partial charge in [0.25, 0.3) is 0 Å². The van der Waals surface area contributed by atoms with Gasteiger partial charge in [0.15, 0.2) is 22.8 Å². The Balaban J connectivity index is 5.39. The number of aliphatic hydroxyl groups is 3. The molecule has 0 saturated carbocycles. The second-order valence-corrected chi connectivity index (χ2v) is 20.3. The second-order valence-electron chi connectivity index (χ2n) is 17.6. The molecule has 0 saturated heterocycles. The molecule has 0 bridgehead atoms. The molecule has 0 aliphatic heterocycles. The molecule has 0 aliphatic carbocycles. The summed E-state index contributed by atoms with van der Waals surface area (Å²) in [4.78, 5) is 30.2. The first-order valence-electron chi connectivity index (χ1n) is 22.4. The molecule has 0 aromatic heterocycles. The van der Waals surface area contributed by atoms with E-state index in [0.717, 1.165) is 83.5 Å². The highest BCUT2D eigenvalue weighted by molar-refractivity contribution is 6.60. The van der Waals surface area contributed by atoms with Gasteiger partial charge in [-0.25, -0.2) is 0 Å². The van der Waals surface area contributed by atoms with Gasteiger partial charge in [-0.05, 0) is 96.6 Å². The van der Waals surface area contributed by atoms with E-state index >= 15 is 0 Å². The lowest BCUT2D eigenvalue weighted by Crippen LogP contribution is -2.82. The maximum atomic E-state index is 14.4. The Morgan fingerprint density at radius 3 is 1.22 bits per heavy atom. The Morgan fingerprint density at radius 1 is 0.527 bits per heavy atom. The molecule has 3 atom stereocenters. The van der Waals surface area contributed by atoms with Gasteiger partial charge in [-0.1, -0.05) is 161 Å². The third-order valence-corrected chi connectivity index (χ3v) is 13.6. The van der Waals surface area contributed by atoms with Crippen molar-refractivity contribution in [2.24, 2.45) is 5.41 Å². The van der Waals surface area contributed by atoms with Gasteiger partial charge in [0.2, 0.25) is 0 Å². The molecule has 55 heavy (non-hydrogen) atoms. The molecule has 0 spiro atoms. The van der Waals surface area contributed by atoms with Crippen LogP contribution in [0.5, 0.6) is 0 Å². The zero-order chi connectivity index (χ0) is 41.6. The Labute approximate surface area is 342 Å². The number of allylic oxidation sites excluding steroid dienone is 8. The normalized spacial score (nSPS) is 16.3. The summed E-state index contributed by atoms with van der Waals surface area (Å²) >= 11 is 0. The second kappa shape index (κ2) is 30.4. The van der Waals surface area contributed by atoms with Crippen LogP contribution in [0.1, 0.15) is 189 Å². The summed E-state index contributed by atoms with van der Waals surface area (Å²) in [5.41, 5.74) is -6.08. The monoisotopic (exact) mass is 787 g/mol. The van der Waals surface area contributed by atoms with Gasteiger partial charge in [0.1, 0.15) is 0 Å². The van der Waals surface area contributed by atoms with Crippen molar-refractivity contribution in [3.63, 3.8) is 0 Å². The van der Waals surface area contributed by atoms with Gasteiger partial charge >= 0.3 is 0 Å². The topological polar surface area (TPSA) is 98.1 Å². The molecule has 0 rings (SSSR count). The summed E-state index contributed by atoms with van der Waals surface area (Å²) in [5.74, 6) is -1.19. The van der Waals surface area contributed by atoms with E-state index in [0.29, 0.717) is 12.8 Å². The Morgan fingerprint density at radius 2 is 0.873 bits per heavy atom. The largest absolute Gasteiger partial charge is 0.390 e. The number of Topliss-reactive ketones (excluding diaryl/α,β-unsaturated/α-hetero) is 2. The zero-order valence-corrected chi connectivity index (χ0v) is 38.4. The van der Waals surface area contributed by atoms with Crippen LogP contribution in [0.3, 0.4) is 0 Å². The van der Waals surface area contributed by atoms with Crippen LogP contribution >= 0.6 is 0 Å². The smallest absolute Gasteiger partial charge is 0.185 e. The summed E-state index contributed by atoms with van der Waals surface area (Å²) in [6, 6.07) is 0. The number of likely N-dealkylation sites (N-methyl/N-ethyl adjacent to an activating group) is 1.